The highest BCUT2D eigenvalue weighted by atomic mass is 16.2. The standard InChI is InChI=1S/C22H25N3O3/c1-25(2)21(28)17-11-6-7-12-18(17)24-20(27)19(26)23-15-22(13-8-14-22)16-9-4-3-5-10-16/h3-7,9-12H,8,13-15H2,1-2H3,(H,23,26)(H,24,27). The molecule has 1 fully saturated rings. The van der Waals surface area contributed by atoms with Crippen LogP contribution in [0, 0.1) is 0 Å². The summed E-state index contributed by atoms with van der Waals surface area (Å²) in [5, 5.41) is 5.33. The highest BCUT2D eigenvalue weighted by molar-refractivity contribution is 6.40. The minimum atomic E-state index is -0.776. The zero-order chi connectivity index (χ0) is 20.1. The van der Waals surface area contributed by atoms with Crippen molar-refractivity contribution in [3.05, 3.63) is 65.7 Å². The van der Waals surface area contributed by atoms with E-state index in [-0.39, 0.29) is 11.3 Å². The van der Waals surface area contributed by atoms with Crippen LogP contribution in [0.4, 0.5) is 5.69 Å². The summed E-state index contributed by atoms with van der Waals surface area (Å²) in [5.74, 6) is -1.72. The van der Waals surface area contributed by atoms with Gasteiger partial charge in [0.2, 0.25) is 0 Å². The van der Waals surface area contributed by atoms with Crippen LogP contribution in [0.3, 0.4) is 0 Å². The van der Waals surface area contributed by atoms with E-state index in [0.29, 0.717) is 17.8 Å². The molecule has 0 heterocycles. The van der Waals surface area contributed by atoms with Gasteiger partial charge < -0.3 is 15.5 Å². The largest absolute Gasteiger partial charge is 0.347 e. The molecule has 0 spiro atoms. The van der Waals surface area contributed by atoms with Gasteiger partial charge in [-0.1, -0.05) is 48.9 Å². The van der Waals surface area contributed by atoms with Crippen LogP contribution < -0.4 is 10.6 Å². The molecule has 6 heteroatoms. The summed E-state index contributed by atoms with van der Waals surface area (Å²) in [7, 11) is 3.27. The number of hydrogen-bond donors (Lipinski definition) is 2. The Kier molecular flexibility index (Phi) is 5.78. The molecule has 1 aliphatic carbocycles. The molecule has 0 unspecified atom stereocenters. The first-order valence-corrected chi connectivity index (χ1v) is 9.38. The highest BCUT2D eigenvalue weighted by Gasteiger charge is 2.39. The van der Waals surface area contributed by atoms with E-state index < -0.39 is 11.8 Å². The second-order valence-corrected chi connectivity index (χ2v) is 7.38. The zero-order valence-electron chi connectivity index (χ0n) is 16.2. The molecule has 1 aliphatic rings. The van der Waals surface area contributed by atoms with Crippen LogP contribution in [-0.2, 0) is 15.0 Å². The van der Waals surface area contributed by atoms with E-state index in [0.717, 1.165) is 19.3 Å². The van der Waals surface area contributed by atoms with Crippen molar-refractivity contribution in [3.63, 3.8) is 0 Å². The summed E-state index contributed by atoms with van der Waals surface area (Å²) < 4.78 is 0. The third kappa shape index (κ3) is 4.06. The summed E-state index contributed by atoms with van der Waals surface area (Å²) in [4.78, 5) is 38.4. The van der Waals surface area contributed by atoms with E-state index in [9.17, 15) is 14.4 Å². The molecule has 0 saturated heterocycles. The van der Waals surface area contributed by atoms with Crippen LogP contribution in [0.5, 0.6) is 0 Å². The Morgan fingerprint density at radius 1 is 0.929 bits per heavy atom. The number of amides is 3. The third-order valence-corrected chi connectivity index (χ3v) is 5.30. The van der Waals surface area contributed by atoms with Crippen molar-refractivity contribution >= 4 is 23.4 Å². The number of benzene rings is 2. The van der Waals surface area contributed by atoms with Gasteiger partial charge in [-0.3, -0.25) is 14.4 Å². The number of para-hydroxylation sites is 1. The molecule has 3 rings (SSSR count). The number of rotatable bonds is 5. The number of carbonyl (C=O) groups excluding carboxylic acids is 3. The fourth-order valence-corrected chi connectivity index (χ4v) is 3.49. The molecule has 2 aromatic carbocycles. The van der Waals surface area contributed by atoms with Gasteiger partial charge in [-0.05, 0) is 30.5 Å². The van der Waals surface area contributed by atoms with Gasteiger partial charge in [0.05, 0.1) is 11.3 Å². The monoisotopic (exact) mass is 379 g/mol. The molecule has 0 radical (unpaired) electrons. The van der Waals surface area contributed by atoms with E-state index in [1.807, 2.05) is 18.2 Å². The van der Waals surface area contributed by atoms with E-state index >= 15 is 0 Å². The maximum atomic E-state index is 12.4. The van der Waals surface area contributed by atoms with Gasteiger partial charge in [0.25, 0.3) is 5.91 Å². The smallest absolute Gasteiger partial charge is 0.313 e. The summed E-state index contributed by atoms with van der Waals surface area (Å²) >= 11 is 0. The lowest BCUT2D eigenvalue weighted by molar-refractivity contribution is -0.136. The lowest BCUT2D eigenvalue weighted by Gasteiger charge is -2.42. The van der Waals surface area contributed by atoms with Gasteiger partial charge in [-0.15, -0.1) is 0 Å². The van der Waals surface area contributed by atoms with Gasteiger partial charge in [-0.2, -0.15) is 0 Å². The summed E-state index contributed by atoms with van der Waals surface area (Å²) in [6.45, 7) is 0.418. The lowest BCUT2D eigenvalue weighted by Crippen LogP contribution is -2.48. The lowest BCUT2D eigenvalue weighted by atomic mass is 9.64. The highest BCUT2D eigenvalue weighted by Crippen LogP contribution is 2.43. The predicted molar refractivity (Wildman–Crippen MR) is 108 cm³/mol. The van der Waals surface area contributed by atoms with Crippen LogP contribution in [-0.4, -0.2) is 43.3 Å². The van der Waals surface area contributed by atoms with Gasteiger partial charge in [0.1, 0.15) is 0 Å². The molecule has 146 valence electrons. The second-order valence-electron chi connectivity index (χ2n) is 7.38. The Balaban J connectivity index is 1.65. The average Bonchev–Trinajstić information content (AvgIpc) is 2.67. The SMILES string of the molecule is CN(C)C(=O)c1ccccc1NC(=O)C(=O)NCC1(c2ccccc2)CCC1. The van der Waals surface area contributed by atoms with Gasteiger partial charge in [-0.25, -0.2) is 0 Å². The van der Waals surface area contributed by atoms with Crippen LogP contribution in [0.1, 0.15) is 35.2 Å². The van der Waals surface area contributed by atoms with Crippen molar-refractivity contribution in [1.82, 2.24) is 10.2 Å². The first-order valence-electron chi connectivity index (χ1n) is 9.38. The molecule has 0 bridgehead atoms. The molecule has 0 aromatic heterocycles. The van der Waals surface area contributed by atoms with Crippen LogP contribution in [0.25, 0.3) is 0 Å². The number of nitrogens with one attached hydrogen (secondary N) is 2. The quantitative estimate of drug-likeness (QED) is 0.784. The van der Waals surface area contributed by atoms with E-state index in [2.05, 4.69) is 22.8 Å². The Morgan fingerprint density at radius 3 is 2.18 bits per heavy atom. The molecule has 2 N–H and O–H groups in total. The molecule has 6 nitrogen and oxygen atoms in total. The normalized spacial score (nSPS) is 14.5. The van der Waals surface area contributed by atoms with Crippen molar-refractivity contribution in [2.75, 3.05) is 26.0 Å². The number of nitrogens with zero attached hydrogens (tertiary/aromatic N) is 1. The minimum absolute atomic E-state index is 0.101. The summed E-state index contributed by atoms with van der Waals surface area (Å²) in [6.07, 6.45) is 3.08. The third-order valence-electron chi connectivity index (χ3n) is 5.30. The maximum absolute atomic E-state index is 12.4. The first kappa shape index (κ1) is 19.6. The second kappa shape index (κ2) is 8.25. The van der Waals surface area contributed by atoms with E-state index in [4.69, 9.17) is 0 Å². The van der Waals surface area contributed by atoms with Crippen molar-refractivity contribution in [3.8, 4) is 0 Å². The topological polar surface area (TPSA) is 78.5 Å². The van der Waals surface area contributed by atoms with Crippen molar-refractivity contribution in [1.29, 1.82) is 0 Å². The Morgan fingerprint density at radius 2 is 1.57 bits per heavy atom. The molecule has 28 heavy (non-hydrogen) atoms. The molecule has 2 aromatic rings. The zero-order valence-corrected chi connectivity index (χ0v) is 16.2. The predicted octanol–water partition coefficient (Wildman–Crippen LogP) is 2.57. The molecule has 3 amide bonds. The Labute approximate surface area is 164 Å². The van der Waals surface area contributed by atoms with Gasteiger partial charge in [0.15, 0.2) is 0 Å². The number of anilines is 1. The van der Waals surface area contributed by atoms with Crippen molar-refractivity contribution < 1.29 is 14.4 Å². The molecular formula is C22H25N3O3. The fraction of sp³-hybridized carbons (Fsp3) is 0.318. The molecule has 0 atom stereocenters. The Bertz CT molecular complexity index is 874. The van der Waals surface area contributed by atoms with Gasteiger partial charge in [0, 0.05) is 26.1 Å². The molecule has 1 saturated carbocycles. The van der Waals surface area contributed by atoms with Crippen LogP contribution in [0.15, 0.2) is 54.6 Å². The van der Waals surface area contributed by atoms with Crippen LogP contribution >= 0.6 is 0 Å². The minimum Gasteiger partial charge on any atom is -0.347 e. The van der Waals surface area contributed by atoms with E-state index in [1.165, 1.54) is 10.5 Å². The Hall–Kier alpha value is -3.15. The maximum Gasteiger partial charge on any atom is 0.313 e. The number of carbonyl (C=O) groups is 3. The van der Waals surface area contributed by atoms with Gasteiger partial charge >= 0.3 is 11.8 Å². The van der Waals surface area contributed by atoms with Crippen molar-refractivity contribution in [2.45, 2.75) is 24.7 Å². The van der Waals surface area contributed by atoms with E-state index in [1.54, 1.807) is 38.4 Å². The van der Waals surface area contributed by atoms with Crippen molar-refractivity contribution in [2.24, 2.45) is 0 Å². The van der Waals surface area contributed by atoms with Crippen LogP contribution in [0.2, 0.25) is 0 Å². The summed E-state index contributed by atoms with van der Waals surface area (Å²) in [6, 6.07) is 16.7. The molecule has 0 aliphatic heterocycles. The average molecular weight is 379 g/mol. The molecular weight excluding hydrogens is 354 g/mol. The summed E-state index contributed by atoms with van der Waals surface area (Å²) in [5.41, 5.74) is 1.75. The first-order chi connectivity index (χ1) is 13.4. The number of hydrogen-bond acceptors (Lipinski definition) is 3. The fourth-order valence-electron chi connectivity index (χ4n) is 3.49.